The van der Waals surface area contributed by atoms with Crippen LogP contribution in [0.4, 0.5) is 5.95 Å². The molecule has 138 valence electrons. The molecule has 6 heteroatoms. The molecule has 2 N–H and O–H groups in total. The predicted octanol–water partition coefficient (Wildman–Crippen LogP) is 3.24. The van der Waals surface area contributed by atoms with Crippen molar-refractivity contribution in [2.45, 2.75) is 18.9 Å². The van der Waals surface area contributed by atoms with E-state index in [-0.39, 0.29) is 5.91 Å². The number of benzene rings is 2. The van der Waals surface area contributed by atoms with Crippen LogP contribution in [0.5, 0.6) is 5.75 Å². The SMILES string of the molecule is COc1ccc(-n2cc(-c3ccccc3)nc2NC(=O)CNC2CC2)cc1. The molecule has 1 heterocycles. The standard InChI is InChI=1S/C21H22N4O2/c1-27-18-11-9-17(10-12-18)25-14-19(15-5-3-2-4-6-15)23-21(25)24-20(26)13-22-16-7-8-16/h2-6,9-12,14,16,22H,7-8,13H2,1H3,(H,23,24,26). The third-order valence-electron chi connectivity index (χ3n) is 4.51. The summed E-state index contributed by atoms with van der Waals surface area (Å²) >= 11 is 0. The zero-order chi connectivity index (χ0) is 18.6. The lowest BCUT2D eigenvalue weighted by atomic mass is 10.2. The van der Waals surface area contributed by atoms with Gasteiger partial charge in [0.2, 0.25) is 11.9 Å². The van der Waals surface area contributed by atoms with Crippen molar-refractivity contribution in [3.05, 3.63) is 60.8 Å². The van der Waals surface area contributed by atoms with E-state index in [2.05, 4.69) is 15.6 Å². The Morgan fingerprint density at radius 3 is 2.56 bits per heavy atom. The average Bonchev–Trinajstić information content (AvgIpc) is 3.46. The molecule has 0 saturated heterocycles. The molecule has 27 heavy (non-hydrogen) atoms. The highest BCUT2D eigenvalue weighted by atomic mass is 16.5. The van der Waals surface area contributed by atoms with Crippen LogP contribution in [0, 0.1) is 0 Å². The van der Waals surface area contributed by atoms with Crippen LogP contribution < -0.4 is 15.4 Å². The number of nitrogens with zero attached hydrogens (tertiary/aromatic N) is 2. The Balaban J connectivity index is 1.63. The lowest BCUT2D eigenvalue weighted by Gasteiger charge is -2.10. The van der Waals surface area contributed by atoms with Gasteiger partial charge in [0.1, 0.15) is 5.75 Å². The van der Waals surface area contributed by atoms with E-state index in [1.54, 1.807) is 7.11 Å². The van der Waals surface area contributed by atoms with Gasteiger partial charge in [-0.3, -0.25) is 14.7 Å². The van der Waals surface area contributed by atoms with E-state index in [1.807, 2.05) is 65.4 Å². The largest absolute Gasteiger partial charge is 0.497 e. The topological polar surface area (TPSA) is 68.2 Å². The van der Waals surface area contributed by atoms with Gasteiger partial charge in [-0.2, -0.15) is 0 Å². The van der Waals surface area contributed by atoms with E-state index in [9.17, 15) is 4.79 Å². The number of methoxy groups -OCH3 is 1. The number of carbonyl (C=O) groups excluding carboxylic acids is 1. The molecule has 0 radical (unpaired) electrons. The number of aromatic nitrogens is 2. The molecule has 6 nitrogen and oxygen atoms in total. The van der Waals surface area contributed by atoms with Crippen LogP contribution in [0.3, 0.4) is 0 Å². The number of amides is 1. The number of rotatable bonds is 7. The molecule has 4 rings (SSSR count). The summed E-state index contributed by atoms with van der Waals surface area (Å²) in [6.45, 7) is 0.292. The van der Waals surface area contributed by atoms with Gasteiger partial charge >= 0.3 is 0 Å². The minimum atomic E-state index is -0.0955. The Hall–Kier alpha value is -3.12. The second-order valence-electron chi connectivity index (χ2n) is 6.59. The first-order valence-corrected chi connectivity index (χ1v) is 9.05. The molecule has 1 aromatic heterocycles. The zero-order valence-corrected chi connectivity index (χ0v) is 15.2. The highest BCUT2D eigenvalue weighted by Crippen LogP contribution is 2.25. The van der Waals surface area contributed by atoms with Gasteiger partial charge in [0, 0.05) is 23.5 Å². The summed E-state index contributed by atoms with van der Waals surface area (Å²) in [5.41, 5.74) is 2.70. The lowest BCUT2D eigenvalue weighted by molar-refractivity contribution is -0.115. The minimum absolute atomic E-state index is 0.0955. The van der Waals surface area contributed by atoms with Crippen LogP contribution in [0.15, 0.2) is 60.8 Å². The van der Waals surface area contributed by atoms with E-state index < -0.39 is 0 Å². The van der Waals surface area contributed by atoms with Gasteiger partial charge < -0.3 is 10.1 Å². The maximum absolute atomic E-state index is 12.3. The highest BCUT2D eigenvalue weighted by Gasteiger charge is 2.22. The molecule has 0 spiro atoms. The summed E-state index contributed by atoms with van der Waals surface area (Å²) < 4.78 is 7.12. The van der Waals surface area contributed by atoms with Gasteiger partial charge in [-0.1, -0.05) is 30.3 Å². The zero-order valence-electron chi connectivity index (χ0n) is 15.2. The fraction of sp³-hybridized carbons (Fsp3) is 0.238. The number of carbonyl (C=O) groups is 1. The van der Waals surface area contributed by atoms with Crippen LogP contribution in [-0.2, 0) is 4.79 Å². The lowest BCUT2D eigenvalue weighted by Crippen LogP contribution is -2.30. The number of hydrogen-bond acceptors (Lipinski definition) is 4. The third-order valence-corrected chi connectivity index (χ3v) is 4.51. The van der Waals surface area contributed by atoms with Crippen molar-refractivity contribution in [1.82, 2.24) is 14.9 Å². The maximum Gasteiger partial charge on any atom is 0.240 e. The Kier molecular flexibility index (Phi) is 4.89. The van der Waals surface area contributed by atoms with Crippen molar-refractivity contribution in [1.29, 1.82) is 0 Å². The van der Waals surface area contributed by atoms with Gasteiger partial charge in [0.05, 0.1) is 19.3 Å². The second kappa shape index (κ2) is 7.63. The van der Waals surface area contributed by atoms with E-state index in [0.29, 0.717) is 18.5 Å². The normalized spacial score (nSPS) is 13.4. The number of nitrogens with one attached hydrogen (secondary N) is 2. The fourth-order valence-electron chi connectivity index (χ4n) is 2.85. The van der Waals surface area contributed by atoms with Gasteiger partial charge in [0.15, 0.2) is 0 Å². The quantitative estimate of drug-likeness (QED) is 0.677. The Bertz CT molecular complexity index is 915. The first kappa shape index (κ1) is 17.3. The van der Waals surface area contributed by atoms with E-state index in [0.717, 1.165) is 35.5 Å². The molecule has 1 fully saturated rings. The number of ether oxygens (including phenoxy) is 1. The minimum Gasteiger partial charge on any atom is -0.497 e. The third kappa shape index (κ3) is 4.17. The van der Waals surface area contributed by atoms with E-state index in [4.69, 9.17) is 4.74 Å². The Morgan fingerprint density at radius 2 is 1.89 bits per heavy atom. The van der Waals surface area contributed by atoms with Crippen LogP contribution >= 0.6 is 0 Å². The predicted molar refractivity (Wildman–Crippen MR) is 105 cm³/mol. The fourth-order valence-corrected chi connectivity index (χ4v) is 2.85. The summed E-state index contributed by atoms with van der Waals surface area (Å²) in [7, 11) is 1.64. The van der Waals surface area contributed by atoms with Crippen molar-refractivity contribution < 1.29 is 9.53 Å². The molecule has 0 bridgehead atoms. The monoisotopic (exact) mass is 362 g/mol. The molecular weight excluding hydrogens is 340 g/mol. The summed E-state index contributed by atoms with van der Waals surface area (Å²) in [6, 6.07) is 18.0. The average molecular weight is 362 g/mol. The summed E-state index contributed by atoms with van der Waals surface area (Å²) in [4.78, 5) is 17.0. The van der Waals surface area contributed by atoms with Gasteiger partial charge in [0.25, 0.3) is 0 Å². The molecule has 1 amide bonds. The first-order valence-electron chi connectivity index (χ1n) is 9.05. The van der Waals surface area contributed by atoms with E-state index >= 15 is 0 Å². The molecule has 2 aromatic carbocycles. The molecular formula is C21H22N4O2. The number of anilines is 1. The molecule has 1 aliphatic rings. The smallest absolute Gasteiger partial charge is 0.240 e. The Morgan fingerprint density at radius 1 is 1.15 bits per heavy atom. The molecule has 1 aliphatic carbocycles. The second-order valence-corrected chi connectivity index (χ2v) is 6.59. The van der Waals surface area contributed by atoms with Gasteiger partial charge in [-0.05, 0) is 37.1 Å². The van der Waals surface area contributed by atoms with Crippen molar-refractivity contribution in [2.75, 3.05) is 19.0 Å². The number of imidazole rings is 1. The van der Waals surface area contributed by atoms with Crippen LogP contribution in [-0.4, -0.2) is 35.2 Å². The van der Waals surface area contributed by atoms with Gasteiger partial charge in [-0.25, -0.2) is 4.98 Å². The summed E-state index contributed by atoms with van der Waals surface area (Å²) in [5.74, 6) is 1.19. The molecule has 3 aromatic rings. The first-order chi connectivity index (χ1) is 13.2. The van der Waals surface area contributed by atoms with E-state index in [1.165, 1.54) is 0 Å². The maximum atomic E-state index is 12.3. The van der Waals surface area contributed by atoms with Crippen LogP contribution in [0.2, 0.25) is 0 Å². The van der Waals surface area contributed by atoms with Crippen molar-refractivity contribution in [2.24, 2.45) is 0 Å². The number of hydrogen-bond donors (Lipinski definition) is 2. The summed E-state index contributed by atoms with van der Waals surface area (Å²) in [5, 5.41) is 6.15. The van der Waals surface area contributed by atoms with Crippen molar-refractivity contribution >= 4 is 11.9 Å². The Labute approximate surface area is 158 Å². The molecule has 0 atom stereocenters. The highest BCUT2D eigenvalue weighted by molar-refractivity contribution is 5.91. The van der Waals surface area contributed by atoms with Crippen molar-refractivity contribution in [3.8, 4) is 22.7 Å². The molecule has 0 unspecified atom stereocenters. The van der Waals surface area contributed by atoms with Crippen LogP contribution in [0.25, 0.3) is 16.9 Å². The molecule has 0 aliphatic heterocycles. The van der Waals surface area contributed by atoms with Crippen LogP contribution in [0.1, 0.15) is 12.8 Å². The molecule has 1 saturated carbocycles. The van der Waals surface area contributed by atoms with Crippen molar-refractivity contribution in [3.63, 3.8) is 0 Å². The summed E-state index contributed by atoms with van der Waals surface area (Å²) in [6.07, 6.45) is 4.22. The van der Waals surface area contributed by atoms with Gasteiger partial charge in [-0.15, -0.1) is 0 Å².